The first kappa shape index (κ1) is 14.5. The number of aromatic nitrogens is 2. The Labute approximate surface area is 120 Å². The lowest BCUT2D eigenvalue weighted by Crippen LogP contribution is -2.14. The highest BCUT2D eigenvalue weighted by Crippen LogP contribution is 2.22. The Hall–Kier alpha value is -1.94. The van der Waals surface area contributed by atoms with Crippen LogP contribution < -0.4 is 10.1 Å². The summed E-state index contributed by atoms with van der Waals surface area (Å²) in [5.41, 5.74) is 3.36. The zero-order valence-corrected chi connectivity index (χ0v) is 12.3. The average molecular weight is 271 g/mol. The highest BCUT2D eigenvalue weighted by atomic mass is 16.5. The minimum absolute atomic E-state index is 0.385. The predicted molar refractivity (Wildman–Crippen MR) is 80.0 cm³/mol. The van der Waals surface area contributed by atoms with Crippen LogP contribution in [-0.2, 0) is 6.54 Å². The van der Waals surface area contributed by atoms with Crippen molar-refractivity contribution >= 4 is 0 Å². The second-order valence-corrected chi connectivity index (χ2v) is 4.92. The third kappa shape index (κ3) is 4.03. The molecule has 1 aromatic heterocycles. The molecular formula is C16H21N3O. The molecule has 20 heavy (non-hydrogen) atoms. The Morgan fingerprint density at radius 2 is 1.90 bits per heavy atom. The lowest BCUT2D eigenvalue weighted by molar-refractivity contribution is 0.437. The van der Waals surface area contributed by atoms with Crippen LogP contribution in [0.2, 0.25) is 0 Å². The molecule has 0 amide bonds. The van der Waals surface area contributed by atoms with E-state index < -0.39 is 0 Å². The molecule has 0 bridgehead atoms. The van der Waals surface area contributed by atoms with Gasteiger partial charge >= 0.3 is 6.01 Å². The largest absolute Gasteiger partial charge is 0.424 e. The van der Waals surface area contributed by atoms with Crippen LogP contribution in [0.1, 0.15) is 30.0 Å². The van der Waals surface area contributed by atoms with E-state index in [2.05, 4.69) is 35.2 Å². The van der Waals surface area contributed by atoms with Crippen LogP contribution in [0.15, 0.2) is 30.6 Å². The molecule has 0 atom stereocenters. The van der Waals surface area contributed by atoms with Crippen LogP contribution in [0.25, 0.3) is 0 Å². The maximum Gasteiger partial charge on any atom is 0.321 e. The normalized spacial score (nSPS) is 10.6. The molecule has 106 valence electrons. The van der Waals surface area contributed by atoms with Crippen LogP contribution in [-0.4, -0.2) is 16.5 Å². The first-order chi connectivity index (χ1) is 9.69. The summed E-state index contributed by atoms with van der Waals surface area (Å²) in [5.74, 6) is 0.799. The van der Waals surface area contributed by atoms with Crippen molar-refractivity contribution in [3.8, 4) is 11.8 Å². The summed E-state index contributed by atoms with van der Waals surface area (Å²) in [4.78, 5) is 8.49. The monoisotopic (exact) mass is 271 g/mol. The fourth-order valence-electron chi connectivity index (χ4n) is 1.91. The van der Waals surface area contributed by atoms with Gasteiger partial charge in [-0.3, -0.25) is 0 Å². The number of benzene rings is 1. The Balaban J connectivity index is 1.99. The Morgan fingerprint density at radius 1 is 1.15 bits per heavy atom. The molecule has 0 radical (unpaired) electrons. The van der Waals surface area contributed by atoms with Crippen LogP contribution in [0, 0.1) is 13.8 Å². The number of aryl methyl sites for hydroxylation is 2. The van der Waals surface area contributed by atoms with Gasteiger partial charge in [-0.1, -0.05) is 24.6 Å². The van der Waals surface area contributed by atoms with E-state index >= 15 is 0 Å². The number of hydrogen-bond donors (Lipinski definition) is 1. The lowest BCUT2D eigenvalue weighted by atomic mass is 10.1. The third-order valence-electron chi connectivity index (χ3n) is 2.97. The topological polar surface area (TPSA) is 47.0 Å². The molecule has 0 spiro atoms. The maximum absolute atomic E-state index is 5.70. The molecule has 4 heteroatoms. The van der Waals surface area contributed by atoms with E-state index in [4.69, 9.17) is 4.74 Å². The average Bonchev–Trinajstić information content (AvgIpc) is 2.44. The maximum atomic E-state index is 5.70. The summed E-state index contributed by atoms with van der Waals surface area (Å²) in [6.45, 7) is 8.01. The minimum atomic E-state index is 0.385. The highest BCUT2D eigenvalue weighted by Gasteiger charge is 2.04. The molecule has 0 aliphatic heterocycles. The van der Waals surface area contributed by atoms with Crippen LogP contribution in [0.4, 0.5) is 0 Å². The van der Waals surface area contributed by atoms with E-state index in [-0.39, 0.29) is 0 Å². The molecule has 0 aliphatic carbocycles. The van der Waals surface area contributed by atoms with Gasteiger partial charge in [-0.2, -0.15) is 0 Å². The van der Waals surface area contributed by atoms with Gasteiger partial charge in [0.2, 0.25) is 0 Å². The molecule has 2 rings (SSSR count). The Bertz CT molecular complexity index is 552. The Morgan fingerprint density at radius 3 is 2.55 bits per heavy atom. The van der Waals surface area contributed by atoms with Crippen LogP contribution in [0.3, 0.4) is 0 Å². The summed E-state index contributed by atoms with van der Waals surface area (Å²) in [6, 6.07) is 6.44. The van der Waals surface area contributed by atoms with Crippen molar-refractivity contribution in [2.75, 3.05) is 6.54 Å². The van der Waals surface area contributed by atoms with Crippen LogP contribution in [0.5, 0.6) is 11.8 Å². The molecule has 4 nitrogen and oxygen atoms in total. The van der Waals surface area contributed by atoms with Gasteiger partial charge in [0, 0.05) is 24.5 Å². The van der Waals surface area contributed by atoms with Crippen molar-refractivity contribution in [3.05, 3.63) is 47.3 Å². The molecule has 0 aliphatic rings. The number of ether oxygens (including phenoxy) is 1. The fourth-order valence-corrected chi connectivity index (χ4v) is 1.91. The summed E-state index contributed by atoms with van der Waals surface area (Å²) >= 11 is 0. The molecule has 1 heterocycles. The summed E-state index contributed by atoms with van der Waals surface area (Å²) < 4.78 is 5.70. The summed E-state index contributed by atoms with van der Waals surface area (Å²) in [5, 5.41) is 3.32. The van der Waals surface area contributed by atoms with E-state index in [1.54, 1.807) is 12.4 Å². The smallest absolute Gasteiger partial charge is 0.321 e. The van der Waals surface area contributed by atoms with Gasteiger partial charge in [-0.05, 0) is 38.4 Å². The van der Waals surface area contributed by atoms with Gasteiger partial charge in [0.25, 0.3) is 0 Å². The standard InChI is InChI=1S/C16H21N3O/c1-4-7-17-9-14-10-18-16(19-11-14)20-15-6-5-12(2)8-13(15)3/h5-6,8,10-11,17H,4,7,9H2,1-3H3. The lowest BCUT2D eigenvalue weighted by Gasteiger charge is -2.08. The second-order valence-electron chi connectivity index (χ2n) is 4.92. The van der Waals surface area contributed by atoms with Gasteiger partial charge in [-0.25, -0.2) is 9.97 Å². The first-order valence-electron chi connectivity index (χ1n) is 6.96. The Kier molecular flexibility index (Phi) is 5.07. The van der Waals surface area contributed by atoms with E-state index in [9.17, 15) is 0 Å². The SMILES string of the molecule is CCCNCc1cnc(Oc2ccc(C)cc2C)nc1. The number of hydrogen-bond acceptors (Lipinski definition) is 4. The van der Waals surface area contributed by atoms with Crippen LogP contribution >= 0.6 is 0 Å². The predicted octanol–water partition coefficient (Wildman–Crippen LogP) is 3.39. The second kappa shape index (κ2) is 7.01. The molecule has 0 saturated heterocycles. The molecule has 0 unspecified atom stereocenters. The quantitative estimate of drug-likeness (QED) is 0.818. The molecule has 2 aromatic rings. The van der Waals surface area contributed by atoms with Gasteiger partial charge in [0.15, 0.2) is 0 Å². The number of nitrogens with one attached hydrogen (secondary N) is 1. The third-order valence-corrected chi connectivity index (χ3v) is 2.97. The first-order valence-corrected chi connectivity index (χ1v) is 6.96. The van der Waals surface area contributed by atoms with Crippen molar-refractivity contribution in [1.29, 1.82) is 0 Å². The molecule has 0 saturated carbocycles. The van der Waals surface area contributed by atoms with E-state index in [0.29, 0.717) is 6.01 Å². The van der Waals surface area contributed by atoms with Gasteiger partial charge in [0.1, 0.15) is 5.75 Å². The molecule has 1 aromatic carbocycles. The van der Waals surface area contributed by atoms with Crippen molar-refractivity contribution < 1.29 is 4.74 Å². The number of nitrogens with zero attached hydrogens (tertiary/aromatic N) is 2. The van der Waals surface area contributed by atoms with Gasteiger partial charge < -0.3 is 10.1 Å². The van der Waals surface area contributed by atoms with Crippen molar-refractivity contribution in [3.63, 3.8) is 0 Å². The molecule has 0 fully saturated rings. The van der Waals surface area contributed by atoms with E-state index in [1.165, 1.54) is 5.56 Å². The minimum Gasteiger partial charge on any atom is -0.424 e. The molecular weight excluding hydrogens is 250 g/mol. The number of rotatable bonds is 6. The zero-order valence-electron chi connectivity index (χ0n) is 12.3. The van der Waals surface area contributed by atoms with Crippen molar-refractivity contribution in [1.82, 2.24) is 15.3 Å². The highest BCUT2D eigenvalue weighted by molar-refractivity contribution is 5.37. The zero-order chi connectivity index (χ0) is 14.4. The van der Waals surface area contributed by atoms with Gasteiger partial charge in [-0.15, -0.1) is 0 Å². The van der Waals surface area contributed by atoms with E-state index in [1.807, 2.05) is 19.1 Å². The summed E-state index contributed by atoms with van der Waals surface area (Å²) in [7, 11) is 0. The van der Waals surface area contributed by atoms with Gasteiger partial charge in [0.05, 0.1) is 0 Å². The van der Waals surface area contributed by atoms with Crippen molar-refractivity contribution in [2.45, 2.75) is 33.7 Å². The fraction of sp³-hybridized carbons (Fsp3) is 0.375. The molecule has 1 N–H and O–H groups in total. The summed E-state index contributed by atoms with van der Waals surface area (Å²) in [6.07, 6.45) is 4.72. The van der Waals surface area contributed by atoms with Crippen molar-refractivity contribution in [2.24, 2.45) is 0 Å². The van der Waals surface area contributed by atoms with E-state index in [0.717, 1.165) is 36.4 Å².